The zero-order valence-corrected chi connectivity index (χ0v) is 26.2. The Morgan fingerprint density at radius 1 is 1.05 bits per heavy atom. The SMILES string of the molecule is Cc1nc(-c2ccc(-n3c(=O)c4c(n5ncc(Cc6ccccc6)c35)CN(C(=O)c3ccc(Br)c(C)c3)[C@@H](C)C4)cc2)n[nH]1. The summed E-state index contributed by atoms with van der Waals surface area (Å²) in [6.45, 7) is 6.11. The number of rotatable bonds is 5. The number of hydrogen-bond donors (Lipinski definition) is 1. The van der Waals surface area contributed by atoms with E-state index in [4.69, 9.17) is 5.10 Å². The Balaban J connectivity index is 1.37. The summed E-state index contributed by atoms with van der Waals surface area (Å²) in [5.41, 5.74) is 7.25. The Morgan fingerprint density at radius 2 is 1.82 bits per heavy atom. The molecular weight excluding hydrogens is 618 g/mol. The predicted octanol–water partition coefficient (Wildman–Crippen LogP) is 5.83. The van der Waals surface area contributed by atoms with Crippen LogP contribution in [0.1, 0.15) is 51.1 Å². The predicted molar refractivity (Wildman–Crippen MR) is 172 cm³/mol. The maximum absolute atomic E-state index is 14.4. The smallest absolute Gasteiger partial charge is 0.261 e. The lowest BCUT2D eigenvalue weighted by atomic mass is 9.97. The second-order valence-electron chi connectivity index (χ2n) is 11.4. The number of hydrogen-bond acceptors (Lipinski definition) is 5. The van der Waals surface area contributed by atoms with E-state index >= 15 is 0 Å². The Morgan fingerprint density at radius 3 is 2.52 bits per heavy atom. The Hall–Kier alpha value is -4.83. The fraction of sp³-hybridized carbons (Fsp3) is 0.206. The Bertz CT molecular complexity index is 2090. The number of halogens is 1. The highest BCUT2D eigenvalue weighted by Crippen LogP contribution is 2.29. The fourth-order valence-corrected chi connectivity index (χ4v) is 6.26. The molecule has 0 aliphatic carbocycles. The molecule has 0 saturated carbocycles. The highest BCUT2D eigenvalue weighted by molar-refractivity contribution is 9.10. The third-order valence-corrected chi connectivity index (χ3v) is 9.22. The van der Waals surface area contributed by atoms with E-state index in [0.717, 1.165) is 43.9 Å². The second kappa shape index (κ2) is 11.0. The van der Waals surface area contributed by atoms with Crippen molar-refractivity contribution >= 4 is 27.5 Å². The lowest BCUT2D eigenvalue weighted by Crippen LogP contribution is -2.46. The van der Waals surface area contributed by atoms with E-state index < -0.39 is 0 Å². The average Bonchev–Trinajstić information content (AvgIpc) is 3.65. The van der Waals surface area contributed by atoms with E-state index in [0.29, 0.717) is 35.4 Å². The van der Waals surface area contributed by atoms with Crippen molar-refractivity contribution in [2.75, 3.05) is 0 Å². The van der Waals surface area contributed by atoms with Crippen LogP contribution in [-0.4, -0.2) is 46.2 Å². The number of benzene rings is 3. The standard InChI is InChI=1S/C34H30BrN7O2/c1-20-15-25(11-14-29(20)35)33(43)40-19-30-28(16-21(40)2)34(44)41(27-12-9-24(10-13-27)31-37-22(3)38-39-31)32-26(18-36-42(30)32)17-23-7-5-4-6-8-23/h4-15,18,21H,16-17,19H2,1-3H3,(H,37,38,39)/t21-/m0/s1. The van der Waals surface area contributed by atoms with Crippen LogP contribution in [0.2, 0.25) is 0 Å². The van der Waals surface area contributed by atoms with E-state index in [9.17, 15) is 9.59 Å². The molecule has 3 aromatic heterocycles. The lowest BCUT2D eigenvalue weighted by Gasteiger charge is -2.35. The van der Waals surface area contributed by atoms with Crippen molar-refractivity contribution in [2.45, 2.75) is 46.2 Å². The highest BCUT2D eigenvalue weighted by atomic mass is 79.9. The molecule has 0 unspecified atom stereocenters. The Kier molecular flexibility index (Phi) is 7.01. The van der Waals surface area contributed by atoms with Gasteiger partial charge in [0.15, 0.2) is 5.82 Å². The van der Waals surface area contributed by atoms with E-state index in [2.05, 4.69) is 43.2 Å². The number of carbonyl (C=O) groups is 1. The van der Waals surface area contributed by atoms with E-state index in [1.54, 1.807) is 4.57 Å². The number of amides is 1. The van der Waals surface area contributed by atoms with Crippen molar-refractivity contribution in [1.29, 1.82) is 0 Å². The van der Waals surface area contributed by atoms with Crippen LogP contribution in [0.5, 0.6) is 0 Å². The second-order valence-corrected chi connectivity index (χ2v) is 12.2. The summed E-state index contributed by atoms with van der Waals surface area (Å²) in [7, 11) is 0. The van der Waals surface area contributed by atoms with Crippen LogP contribution < -0.4 is 5.56 Å². The third-order valence-electron chi connectivity index (χ3n) is 8.33. The molecule has 3 aromatic carbocycles. The summed E-state index contributed by atoms with van der Waals surface area (Å²) in [6.07, 6.45) is 2.87. The van der Waals surface area contributed by atoms with Crippen molar-refractivity contribution in [3.05, 3.63) is 133 Å². The summed E-state index contributed by atoms with van der Waals surface area (Å²) >= 11 is 3.53. The van der Waals surface area contributed by atoms with Crippen LogP contribution in [0, 0.1) is 13.8 Å². The third kappa shape index (κ3) is 4.85. The van der Waals surface area contributed by atoms with Crippen LogP contribution in [0.4, 0.5) is 0 Å². The monoisotopic (exact) mass is 647 g/mol. The van der Waals surface area contributed by atoms with Gasteiger partial charge in [-0.15, -0.1) is 0 Å². The molecule has 0 radical (unpaired) electrons. The maximum Gasteiger partial charge on any atom is 0.261 e. The first kappa shape index (κ1) is 28.0. The Labute approximate surface area is 262 Å². The summed E-state index contributed by atoms with van der Waals surface area (Å²) in [5, 5.41) is 12.0. The molecule has 0 spiro atoms. The van der Waals surface area contributed by atoms with Crippen LogP contribution in [0.25, 0.3) is 22.7 Å². The van der Waals surface area contributed by atoms with Crippen molar-refractivity contribution in [3.63, 3.8) is 0 Å². The fourth-order valence-electron chi connectivity index (χ4n) is 6.01. The highest BCUT2D eigenvalue weighted by Gasteiger charge is 2.33. The van der Waals surface area contributed by atoms with Gasteiger partial charge in [0, 0.05) is 39.2 Å². The molecule has 9 nitrogen and oxygen atoms in total. The molecule has 1 aliphatic rings. The molecule has 44 heavy (non-hydrogen) atoms. The van der Waals surface area contributed by atoms with Gasteiger partial charge in [-0.3, -0.25) is 19.3 Å². The van der Waals surface area contributed by atoms with Gasteiger partial charge in [-0.25, -0.2) is 9.50 Å². The molecular formula is C34H30BrN7O2. The van der Waals surface area contributed by atoms with Crippen LogP contribution in [-0.2, 0) is 19.4 Å². The van der Waals surface area contributed by atoms with Gasteiger partial charge in [0.25, 0.3) is 11.5 Å². The van der Waals surface area contributed by atoms with Gasteiger partial charge in [0.2, 0.25) is 0 Å². The molecule has 7 rings (SSSR count). The number of nitrogens with zero attached hydrogens (tertiary/aromatic N) is 6. The quantitative estimate of drug-likeness (QED) is 0.254. The number of aromatic amines is 1. The number of nitrogens with one attached hydrogen (secondary N) is 1. The first-order valence-electron chi connectivity index (χ1n) is 14.5. The largest absolute Gasteiger partial charge is 0.330 e. The molecule has 1 amide bonds. The summed E-state index contributed by atoms with van der Waals surface area (Å²) in [6, 6.07) is 23.3. The van der Waals surface area contributed by atoms with Gasteiger partial charge in [-0.05, 0) is 80.8 Å². The average molecular weight is 649 g/mol. The van der Waals surface area contributed by atoms with Gasteiger partial charge in [-0.2, -0.15) is 10.2 Å². The van der Waals surface area contributed by atoms with Crippen LogP contribution in [0.3, 0.4) is 0 Å². The molecule has 0 saturated heterocycles. The topological polar surface area (TPSA) is 101 Å². The number of aryl methyl sites for hydroxylation is 2. The minimum absolute atomic E-state index is 0.0643. The number of aromatic nitrogens is 6. The zero-order valence-electron chi connectivity index (χ0n) is 24.6. The molecule has 10 heteroatoms. The van der Waals surface area contributed by atoms with Gasteiger partial charge in [0.05, 0.1) is 24.1 Å². The van der Waals surface area contributed by atoms with Crippen molar-refractivity contribution < 1.29 is 4.79 Å². The van der Waals surface area contributed by atoms with E-state index in [-0.39, 0.29) is 24.1 Å². The van der Waals surface area contributed by atoms with Gasteiger partial charge in [0.1, 0.15) is 11.5 Å². The molecule has 1 aliphatic heterocycles. The zero-order chi connectivity index (χ0) is 30.5. The van der Waals surface area contributed by atoms with Crippen molar-refractivity contribution in [2.24, 2.45) is 0 Å². The van der Waals surface area contributed by atoms with Crippen LogP contribution in [0.15, 0.2) is 88.3 Å². The minimum Gasteiger partial charge on any atom is -0.330 e. The molecule has 220 valence electrons. The van der Waals surface area contributed by atoms with Crippen molar-refractivity contribution in [3.8, 4) is 17.1 Å². The summed E-state index contributed by atoms with van der Waals surface area (Å²) in [5.74, 6) is 1.27. The van der Waals surface area contributed by atoms with Gasteiger partial charge in [-0.1, -0.05) is 46.3 Å². The molecule has 0 fully saturated rings. The minimum atomic E-state index is -0.173. The molecule has 1 atom stereocenters. The number of carbonyl (C=O) groups excluding carboxylic acids is 1. The van der Waals surface area contributed by atoms with Gasteiger partial charge < -0.3 is 4.90 Å². The lowest BCUT2D eigenvalue weighted by molar-refractivity contribution is 0.0651. The van der Waals surface area contributed by atoms with Crippen molar-refractivity contribution in [1.82, 2.24) is 34.3 Å². The number of fused-ring (bicyclic) bond motifs is 3. The summed E-state index contributed by atoms with van der Waals surface area (Å²) in [4.78, 5) is 34.5. The van der Waals surface area contributed by atoms with Gasteiger partial charge >= 0.3 is 0 Å². The molecule has 1 N–H and O–H groups in total. The summed E-state index contributed by atoms with van der Waals surface area (Å²) < 4.78 is 4.58. The number of H-pyrrole nitrogens is 1. The molecule has 0 bridgehead atoms. The maximum atomic E-state index is 14.4. The molecule has 4 heterocycles. The van der Waals surface area contributed by atoms with Crippen LogP contribution >= 0.6 is 15.9 Å². The normalized spacial score (nSPS) is 14.6. The first-order valence-corrected chi connectivity index (χ1v) is 15.3. The van der Waals surface area contributed by atoms with E-state index in [1.807, 2.05) is 97.0 Å². The van der Waals surface area contributed by atoms with E-state index in [1.165, 1.54) is 0 Å². The first-order chi connectivity index (χ1) is 21.3. The molecule has 6 aromatic rings.